The highest BCUT2D eigenvalue weighted by atomic mass is 35.5. The number of hydrogen-bond donors (Lipinski definition) is 1. The molecule has 0 spiro atoms. The summed E-state index contributed by atoms with van der Waals surface area (Å²) in [5.74, 6) is -2.34. The minimum atomic E-state index is -5.04. The van der Waals surface area contributed by atoms with Crippen LogP contribution in [0.2, 0.25) is 5.15 Å². The molecule has 1 N–H and O–H groups in total. The first-order chi connectivity index (χ1) is 9.70. The Balaban J connectivity index is 2.72. The fourth-order valence-electron chi connectivity index (χ4n) is 1.56. The molecule has 2 rings (SSSR count). The summed E-state index contributed by atoms with van der Waals surface area (Å²) in [6.45, 7) is 0. The van der Waals surface area contributed by atoms with Crippen molar-refractivity contribution in [2.45, 2.75) is 6.36 Å². The number of rotatable bonds is 2. The van der Waals surface area contributed by atoms with Crippen LogP contribution in [0, 0.1) is 5.82 Å². The smallest absolute Gasteiger partial charge is 0.404 e. The van der Waals surface area contributed by atoms with Gasteiger partial charge in [0.1, 0.15) is 0 Å². The van der Waals surface area contributed by atoms with Gasteiger partial charge < -0.3 is 4.74 Å². The van der Waals surface area contributed by atoms with Gasteiger partial charge in [-0.25, -0.2) is 9.36 Å². The van der Waals surface area contributed by atoms with E-state index in [0.29, 0.717) is 0 Å². The lowest BCUT2D eigenvalue weighted by atomic mass is 10.3. The van der Waals surface area contributed by atoms with Crippen molar-refractivity contribution in [3.8, 4) is 11.4 Å². The van der Waals surface area contributed by atoms with Crippen LogP contribution in [0.15, 0.2) is 33.9 Å². The van der Waals surface area contributed by atoms with E-state index < -0.39 is 40.0 Å². The zero-order valence-corrected chi connectivity index (χ0v) is 10.6. The highest BCUT2D eigenvalue weighted by Crippen LogP contribution is 2.27. The maximum absolute atomic E-state index is 13.4. The van der Waals surface area contributed by atoms with Crippen LogP contribution >= 0.6 is 11.6 Å². The van der Waals surface area contributed by atoms with E-state index in [2.05, 4.69) is 4.74 Å². The fourth-order valence-corrected chi connectivity index (χ4v) is 1.72. The first-order valence-electron chi connectivity index (χ1n) is 5.26. The normalized spacial score (nSPS) is 11.5. The van der Waals surface area contributed by atoms with Gasteiger partial charge in [-0.3, -0.25) is 9.78 Å². The number of halogens is 5. The van der Waals surface area contributed by atoms with E-state index >= 15 is 0 Å². The molecule has 0 amide bonds. The highest BCUT2D eigenvalue weighted by molar-refractivity contribution is 6.29. The Bertz CT molecular complexity index is 797. The molecular weight excluding hydrogens is 320 g/mol. The molecule has 0 radical (unpaired) electrons. The van der Waals surface area contributed by atoms with Crippen LogP contribution in [-0.4, -0.2) is 15.9 Å². The number of hydrogen-bond acceptors (Lipinski definition) is 3. The Kier molecular flexibility index (Phi) is 3.77. The predicted molar refractivity (Wildman–Crippen MR) is 64.3 cm³/mol. The monoisotopic (exact) mass is 324 g/mol. The molecule has 112 valence electrons. The van der Waals surface area contributed by atoms with Gasteiger partial charge in [-0.15, -0.1) is 13.2 Å². The van der Waals surface area contributed by atoms with E-state index in [0.717, 1.165) is 12.1 Å². The molecule has 0 saturated heterocycles. The quantitative estimate of drug-likeness (QED) is 0.680. The van der Waals surface area contributed by atoms with Gasteiger partial charge in [0.05, 0.1) is 5.69 Å². The molecule has 21 heavy (non-hydrogen) atoms. The summed E-state index contributed by atoms with van der Waals surface area (Å²) in [6, 6.07) is 4.30. The summed E-state index contributed by atoms with van der Waals surface area (Å²) in [5, 5.41) is -0.838. The average Bonchev–Trinajstić information content (AvgIpc) is 2.36. The molecule has 0 unspecified atom stereocenters. The van der Waals surface area contributed by atoms with Gasteiger partial charge in [0.15, 0.2) is 10.9 Å². The van der Waals surface area contributed by atoms with E-state index in [1.165, 1.54) is 12.1 Å². The third-order valence-corrected chi connectivity index (χ3v) is 2.60. The van der Waals surface area contributed by atoms with Crippen LogP contribution in [0.25, 0.3) is 5.69 Å². The van der Waals surface area contributed by atoms with Gasteiger partial charge in [0.2, 0.25) is 5.82 Å². The highest BCUT2D eigenvalue weighted by Gasteiger charge is 2.32. The van der Waals surface area contributed by atoms with Gasteiger partial charge in [-0.1, -0.05) is 23.7 Å². The van der Waals surface area contributed by atoms with Crippen molar-refractivity contribution in [2.75, 3.05) is 0 Å². The van der Waals surface area contributed by atoms with Crippen LogP contribution in [0.1, 0.15) is 0 Å². The van der Waals surface area contributed by atoms with E-state index in [1.807, 2.05) is 0 Å². The molecule has 1 aromatic carbocycles. The Morgan fingerprint density at radius 2 is 1.81 bits per heavy atom. The van der Waals surface area contributed by atoms with Crippen LogP contribution in [0.3, 0.4) is 0 Å². The Morgan fingerprint density at radius 1 is 1.19 bits per heavy atom. The molecule has 5 nitrogen and oxygen atoms in total. The summed E-state index contributed by atoms with van der Waals surface area (Å²) < 4.78 is 54.2. The number of nitrogens with one attached hydrogen (secondary N) is 1. The second-order valence-corrected chi connectivity index (χ2v) is 4.09. The molecule has 1 heterocycles. The first-order valence-corrected chi connectivity index (χ1v) is 5.64. The third-order valence-electron chi connectivity index (χ3n) is 2.34. The van der Waals surface area contributed by atoms with E-state index in [4.69, 9.17) is 11.6 Å². The summed E-state index contributed by atoms with van der Waals surface area (Å²) in [4.78, 5) is 25.1. The number of nitrogens with zero attached hydrogens (tertiary/aromatic N) is 1. The number of alkyl halides is 3. The van der Waals surface area contributed by atoms with Crippen molar-refractivity contribution in [3.63, 3.8) is 0 Å². The van der Waals surface area contributed by atoms with Gasteiger partial charge in [-0.05, 0) is 12.1 Å². The molecule has 0 fully saturated rings. The maximum Gasteiger partial charge on any atom is 0.573 e. The van der Waals surface area contributed by atoms with Crippen molar-refractivity contribution < 1.29 is 22.3 Å². The van der Waals surface area contributed by atoms with Crippen molar-refractivity contribution in [3.05, 3.63) is 56.1 Å². The molecule has 0 bridgehead atoms. The van der Waals surface area contributed by atoms with Gasteiger partial charge in [0.25, 0.3) is 5.56 Å². The average molecular weight is 325 g/mol. The van der Waals surface area contributed by atoms with Crippen LogP contribution in [-0.2, 0) is 0 Å². The largest absolute Gasteiger partial charge is 0.573 e. The molecule has 2 aromatic rings. The zero-order valence-electron chi connectivity index (χ0n) is 9.87. The lowest BCUT2D eigenvalue weighted by Gasteiger charge is -2.13. The number of aromatic amines is 1. The standard InChI is InChI=1S/C11H5ClF4N2O3/c12-8-7(13)9(19)18(10(20)17-8)5-3-1-2-4-6(5)21-11(14,15)16/h1-4H,(H,17,20). The SMILES string of the molecule is O=c1[nH]c(Cl)c(F)c(=O)n1-c1ccccc1OC(F)(F)F. The molecule has 10 heteroatoms. The number of para-hydroxylation sites is 2. The van der Waals surface area contributed by atoms with E-state index in [9.17, 15) is 27.2 Å². The van der Waals surface area contributed by atoms with Crippen molar-refractivity contribution >= 4 is 11.6 Å². The zero-order chi connectivity index (χ0) is 15.8. The maximum atomic E-state index is 13.4. The molecular formula is C11H5ClF4N2O3. The van der Waals surface area contributed by atoms with Gasteiger partial charge in [0, 0.05) is 0 Å². The lowest BCUT2D eigenvalue weighted by Crippen LogP contribution is -2.36. The summed E-state index contributed by atoms with van der Waals surface area (Å²) in [5.41, 5.74) is -3.27. The van der Waals surface area contributed by atoms with Crippen molar-refractivity contribution in [1.29, 1.82) is 0 Å². The Morgan fingerprint density at radius 3 is 2.43 bits per heavy atom. The van der Waals surface area contributed by atoms with Crippen molar-refractivity contribution in [1.82, 2.24) is 9.55 Å². The summed E-state index contributed by atoms with van der Waals surface area (Å²) in [7, 11) is 0. The minimum Gasteiger partial charge on any atom is -0.404 e. The van der Waals surface area contributed by atoms with Gasteiger partial charge in [-0.2, -0.15) is 4.39 Å². The van der Waals surface area contributed by atoms with E-state index in [-0.39, 0.29) is 4.57 Å². The molecule has 0 atom stereocenters. The lowest BCUT2D eigenvalue weighted by molar-refractivity contribution is -0.274. The Hall–Kier alpha value is -2.29. The number of H-pyrrole nitrogens is 1. The minimum absolute atomic E-state index is 0.155. The van der Waals surface area contributed by atoms with Crippen LogP contribution < -0.4 is 16.0 Å². The second-order valence-electron chi connectivity index (χ2n) is 3.71. The van der Waals surface area contributed by atoms with Gasteiger partial charge >= 0.3 is 12.1 Å². The van der Waals surface area contributed by atoms with Crippen LogP contribution in [0.5, 0.6) is 5.75 Å². The summed E-state index contributed by atoms with van der Waals surface area (Å²) >= 11 is 5.27. The molecule has 0 aliphatic rings. The third kappa shape index (κ3) is 3.07. The van der Waals surface area contributed by atoms with Crippen LogP contribution in [0.4, 0.5) is 17.6 Å². The molecule has 1 aromatic heterocycles. The fraction of sp³-hybridized carbons (Fsp3) is 0.0909. The second kappa shape index (κ2) is 5.24. The van der Waals surface area contributed by atoms with E-state index in [1.54, 1.807) is 4.98 Å². The van der Waals surface area contributed by atoms with Crippen molar-refractivity contribution in [2.24, 2.45) is 0 Å². The molecule has 0 aliphatic heterocycles. The number of aromatic nitrogens is 2. The Labute approximate surface area is 118 Å². The number of ether oxygens (including phenoxy) is 1. The predicted octanol–water partition coefficient (Wildman–Crippen LogP) is 2.22. The first kappa shape index (κ1) is 15.1. The molecule has 0 aliphatic carbocycles. The summed E-state index contributed by atoms with van der Waals surface area (Å²) in [6.07, 6.45) is -5.04. The molecule has 0 saturated carbocycles. The topological polar surface area (TPSA) is 64.1 Å². The number of benzene rings is 1.